The lowest BCUT2D eigenvalue weighted by atomic mass is 10.4. The van der Waals surface area contributed by atoms with Gasteiger partial charge in [-0.1, -0.05) is 52.5 Å². The van der Waals surface area contributed by atoms with Gasteiger partial charge in [-0.25, -0.2) is 9.55 Å². The molecule has 108 valence electrons. The fourth-order valence-corrected chi connectivity index (χ4v) is 1.31. The highest BCUT2D eigenvalue weighted by atomic mass is 35.6. The van der Waals surface area contributed by atoms with Crippen molar-refractivity contribution >= 4 is 54.2 Å². The first-order chi connectivity index (χ1) is 8.42. The molecule has 0 saturated heterocycles. The summed E-state index contributed by atoms with van der Waals surface area (Å²) in [4.78, 5) is 28.2. The van der Waals surface area contributed by atoms with Crippen LogP contribution in [0, 0.1) is 10.1 Å². The molecule has 0 aliphatic rings. The van der Waals surface area contributed by atoms with Crippen molar-refractivity contribution in [2.24, 2.45) is 0 Å². The number of nitrogens with zero attached hydrogens (tertiary/aromatic N) is 2. The second-order valence-corrected chi connectivity index (χ2v) is 6.45. The van der Waals surface area contributed by atoms with E-state index in [4.69, 9.17) is 66.3 Å². The van der Waals surface area contributed by atoms with E-state index in [-0.39, 0.29) is 0 Å². The summed E-state index contributed by atoms with van der Waals surface area (Å²) in [7, 11) is -4.92. The molecule has 1 rings (SSSR count). The molecule has 0 aliphatic carbocycles. The second-order valence-electron chi connectivity index (χ2n) is 2.64. The zero-order valence-corrected chi connectivity index (χ0v) is 12.5. The number of rotatable bonds is 2. The first-order valence-corrected chi connectivity index (χ1v) is 7.05. The van der Waals surface area contributed by atoms with Crippen LogP contribution in [0.2, 0.25) is 5.15 Å². The Labute approximate surface area is 126 Å². The van der Waals surface area contributed by atoms with Crippen LogP contribution in [0.1, 0.15) is 5.69 Å². The number of aromatic nitrogens is 1. The lowest BCUT2D eigenvalue weighted by Gasteiger charge is -2.08. The highest BCUT2D eigenvalue weighted by Gasteiger charge is 2.24. The zero-order valence-electron chi connectivity index (χ0n) is 8.61. The standard InChI is InChI=1S/C6H3Cl4N.H2NO6P/c7-5-3-1-2-4(11-5)6(8,9)10;2-1(3)7-8(4,5)6/h1-3H;(H2,4,5,6). The largest absolute Gasteiger partial charge is 0.501 e. The molecule has 1 heterocycles. The third kappa shape index (κ3) is 10.1. The Bertz CT molecular complexity index is 489. The molecule has 0 saturated carbocycles. The molecule has 0 radical (unpaired) electrons. The van der Waals surface area contributed by atoms with Crippen molar-refractivity contribution in [3.63, 3.8) is 0 Å². The van der Waals surface area contributed by atoms with Crippen molar-refractivity contribution in [2.45, 2.75) is 3.79 Å². The number of hydrogen-bond donors (Lipinski definition) is 2. The van der Waals surface area contributed by atoms with Gasteiger partial charge in [0.05, 0.1) is 5.69 Å². The molecule has 0 fully saturated rings. The van der Waals surface area contributed by atoms with Crippen molar-refractivity contribution < 1.29 is 24.1 Å². The number of alkyl halides is 3. The topological polar surface area (TPSA) is 123 Å². The van der Waals surface area contributed by atoms with Crippen LogP contribution in [0.4, 0.5) is 0 Å². The van der Waals surface area contributed by atoms with Gasteiger partial charge in [-0.05, 0) is 12.1 Å². The monoisotopic (exact) mass is 372 g/mol. The number of pyridine rings is 1. The summed E-state index contributed by atoms with van der Waals surface area (Å²) in [5.74, 6) is 0. The maximum atomic E-state index is 9.47. The van der Waals surface area contributed by atoms with E-state index in [1.54, 1.807) is 18.2 Å². The Hall–Kier alpha value is -0.340. The van der Waals surface area contributed by atoms with Crippen molar-refractivity contribution in [3.8, 4) is 0 Å². The first kappa shape index (κ1) is 18.7. The predicted molar refractivity (Wildman–Crippen MR) is 68.6 cm³/mol. The van der Waals surface area contributed by atoms with Crippen molar-refractivity contribution in [2.75, 3.05) is 0 Å². The van der Waals surface area contributed by atoms with Crippen LogP contribution >= 0.6 is 54.2 Å². The van der Waals surface area contributed by atoms with E-state index in [2.05, 4.69) is 9.61 Å². The molecule has 0 bridgehead atoms. The quantitative estimate of drug-likeness (QED) is 0.268. The van der Waals surface area contributed by atoms with Gasteiger partial charge >= 0.3 is 12.9 Å². The zero-order chi connectivity index (χ0) is 15.3. The van der Waals surface area contributed by atoms with Crippen molar-refractivity contribution in [3.05, 3.63) is 39.2 Å². The van der Waals surface area contributed by atoms with E-state index in [0.29, 0.717) is 10.8 Å². The number of hydrogen-bond acceptors (Lipinski definition) is 5. The Morgan fingerprint density at radius 1 is 1.37 bits per heavy atom. The van der Waals surface area contributed by atoms with Crippen molar-refractivity contribution in [1.29, 1.82) is 0 Å². The normalized spacial score (nSPS) is 11.3. The molecule has 13 heteroatoms. The van der Waals surface area contributed by atoms with Gasteiger partial charge in [-0.3, -0.25) is 0 Å². The van der Waals surface area contributed by atoms with E-state index in [1.165, 1.54) is 0 Å². The minimum absolute atomic E-state index is 0.314. The summed E-state index contributed by atoms with van der Waals surface area (Å²) in [6.45, 7) is 0. The molecule has 0 aromatic carbocycles. The van der Waals surface area contributed by atoms with E-state index in [1.807, 2.05) is 0 Å². The number of phosphoric acid groups is 1. The third-order valence-corrected chi connectivity index (χ3v) is 2.32. The van der Waals surface area contributed by atoms with Gasteiger partial charge in [-0.15, -0.1) is 10.1 Å². The SMILES string of the molecule is Clc1cccc(C(Cl)(Cl)Cl)n1.O=[N+]([O-])OP(=O)(O)O. The number of halogens is 4. The summed E-state index contributed by atoms with van der Waals surface area (Å²) in [5, 5.41) is 7.86. The Morgan fingerprint density at radius 3 is 2.11 bits per heavy atom. The summed E-state index contributed by atoms with van der Waals surface area (Å²) in [5.41, 5.74) is 0.329. The van der Waals surface area contributed by atoms with Crippen LogP contribution in [0.15, 0.2) is 18.2 Å². The molecule has 19 heavy (non-hydrogen) atoms. The van der Waals surface area contributed by atoms with Crippen LogP contribution in [0.25, 0.3) is 0 Å². The molecule has 0 aliphatic heterocycles. The molecule has 0 spiro atoms. The third-order valence-electron chi connectivity index (χ3n) is 1.18. The minimum Gasteiger partial charge on any atom is -0.305 e. The van der Waals surface area contributed by atoms with Crippen LogP contribution in [-0.4, -0.2) is 19.9 Å². The summed E-state index contributed by atoms with van der Waals surface area (Å²) < 4.78 is 10.8. The maximum absolute atomic E-state index is 9.47. The van der Waals surface area contributed by atoms with Gasteiger partial charge < -0.3 is 9.79 Å². The summed E-state index contributed by atoms with van der Waals surface area (Å²) in [6.07, 6.45) is 0. The highest BCUT2D eigenvalue weighted by Crippen LogP contribution is 2.37. The lowest BCUT2D eigenvalue weighted by molar-refractivity contribution is -0.718. The van der Waals surface area contributed by atoms with Crippen LogP contribution < -0.4 is 0 Å². The molecule has 2 N–H and O–H groups in total. The highest BCUT2D eigenvalue weighted by molar-refractivity contribution is 7.46. The Kier molecular flexibility index (Phi) is 7.31. The molecule has 0 atom stereocenters. The van der Waals surface area contributed by atoms with Gasteiger partial charge in [0, 0.05) is 0 Å². The fraction of sp³-hybridized carbons (Fsp3) is 0.167. The molecule has 1 aromatic heterocycles. The molecular weight excluding hydrogens is 369 g/mol. The average Bonchev–Trinajstić information content (AvgIpc) is 2.12. The lowest BCUT2D eigenvalue weighted by Crippen LogP contribution is -2.02. The van der Waals surface area contributed by atoms with Gasteiger partial charge in [0.1, 0.15) is 5.15 Å². The van der Waals surface area contributed by atoms with Gasteiger partial charge in [0.2, 0.25) is 3.79 Å². The van der Waals surface area contributed by atoms with Crippen LogP contribution in [0.5, 0.6) is 0 Å². The van der Waals surface area contributed by atoms with Crippen LogP contribution in [-0.2, 0) is 13.0 Å². The predicted octanol–water partition coefficient (Wildman–Crippen LogP) is 2.85. The second kappa shape index (κ2) is 7.44. The molecule has 1 aromatic rings. The van der Waals surface area contributed by atoms with E-state index >= 15 is 0 Å². The van der Waals surface area contributed by atoms with Gasteiger partial charge in [-0.2, -0.15) is 4.62 Å². The first-order valence-electron chi connectivity index (χ1n) is 4.01. The maximum Gasteiger partial charge on any atom is 0.501 e. The summed E-state index contributed by atoms with van der Waals surface area (Å²) >= 11 is 22.2. The van der Waals surface area contributed by atoms with E-state index in [0.717, 1.165) is 0 Å². The molecule has 0 unspecified atom stereocenters. The minimum atomic E-state index is -4.92. The summed E-state index contributed by atoms with van der Waals surface area (Å²) in [6, 6.07) is 4.88. The van der Waals surface area contributed by atoms with E-state index in [9.17, 15) is 4.57 Å². The van der Waals surface area contributed by atoms with Gasteiger partial charge in [0.25, 0.3) is 0 Å². The molecule has 0 amide bonds. The van der Waals surface area contributed by atoms with Crippen LogP contribution in [0.3, 0.4) is 0 Å². The molecule has 8 nitrogen and oxygen atoms in total. The average molecular weight is 374 g/mol. The fourth-order valence-electron chi connectivity index (χ4n) is 0.653. The Morgan fingerprint density at radius 2 is 1.89 bits per heavy atom. The Balaban J connectivity index is 0.000000362. The molecular formula is C6H5Cl4N2O6P. The smallest absolute Gasteiger partial charge is 0.305 e. The van der Waals surface area contributed by atoms with Gasteiger partial charge in [0.15, 0.2) is 0 Å². The van der Waals surface area contributed by atoms with Crippen molar-refractivity contribution in [1.82, 2.24) is 4.98 Å². The van der Waals surface area contributed by atoms with E-state index < -0.39 is 16.7 Å².